The standard InChI is InChI=1S/C9H12N6O4S/c1-2-19-8(16)5-14-6(3-12-13-9(10)20)11-4-7(14)15(17)18/h3-4H,2,5H2,1H3,(H3,10,13,20)/b12-3+. The molecular weight excluding hydrogens is 288 g/mol. The average molecular weight is 300 g/mol. The number of rotatable bonds is 6. The molecule has 0 fully saturated rings. The second kappa shape index (κ2) is 7.13. The molecule has 11 heteroatoms. The molecule has 0 saturated carbocycles. The van der Waals surface area contributed by atoms with Crippen LogP contribution in [0.15, 0.2) is 11.3 Å². The molecule has 0 spiro atoms. The first-order valence-corrected chi connectivity index (χ1v) is 5.80. The van der Waals surface area contributed by atoms with E-state index in [9.17, 15) is 14.9 Å². The van der Waals surface area contributed by atoms with E-state index in [-0.39, 0.29) is 29.9 Å². The van der Waals surface area contributed by atoms with Gasteiger partial charge in [0.05, 0.1) is 6.61 Å². The first-order chi connectivity index (χ1) is 9.45. The van der Waals surface area contributed by atoms with Crippen molar-refractivity contribution in [2.75, 3.05) is 6.61 Å². The molecule has 0 aliphatic carbocycles. The minimum absolute atomic E-state index is 0.0701. The van der Waals surface area contributed by atoms with Crippen molar-refractivity contribution in [3.05, 3.63) is 22.1 Å². The summed E-state index contributed by atoms with van der Waals surface area (Å²) < 4.78 is 5.79. The third-order valence-corrected chi connectivity index (χ3v) is 2.09. The van der Waals surface area contributed by atoms with Crippen LogP contribution in [0.2, 0.25) is 0 Å². The number of hydrogen-bond donors (Lipinski definition) is 2. The lowest BCUT2D eigenvalue weighted by Crippen LogP contribution is -2.24. The fraction of sp³-hybridized carbons (Fsp3) is 0.333. The number of nitrogens with zero attached hydrogens (tertiary/aromatic N) is 4. The summed E-state index contributed by atoms with van der Waals surface area (Å²) in [4.78, 5) is 25.4. The van der Waals surface area contributed by atoms with Crippen molar-refractivity contribution in [3.63, 3.8) is 0 Å². The van der Waals surface area contributed by atoms with Gasteiger partial charge in [-0.2, -0.15) is 9.67 Å². The van der Waals surface area contributed by atoms with Gasteiger partial charge in [-0.05, 0) is 24.1 Å². The Hall–Kier alpha value is -2.56. The lowest BCUT2D eigenvalue weighted by Gasteiger charge is -2.02. The lowest BCUT2D eigenvalue weighted by molar-refractivity contribution is -0.392. The largest absolute Gasteiger partial charge is 0.463 e. The Kier molecular flexibility index (Phi) is 5.53. The van der Waals surface area contributed by atoms with Gasteiger partial charge in [-0.15, -0.1) is 0 Å². The number of nitro groups is 1. The first kappa shape index (κ1) is 15.5. The Morgan fingerprint density at radius 3 is 3.05 bits per heavy atom. The van der Waals surface area contributed by atoms with Gasteiger partial charge in [0.1, 0.15) is 12.4 Å². The Balaban J connectivity index is 2.99. The number of aromatic nitrogens is 2. The molecular formula is C9H12N6O4S. The van der Waals surface area contributed by atoms with Crippen LogP contribution in [0, 0.1) is 10.1 Å². The first-order valence-electron chi connectivity index (χ1n) is 5.39. The molecule has 3 N–H and O–H groups in total. The molecule has 10 nitrogen and oxygen atoms in total. The fourth-order valence-electron chi connectivity index (χ4n) is 1.28. The monoisotopic (exact) mass is 300 g/mol. The maximum atomic E-state index is 11.4. The van der Waals surface area contributed by atoms with E-state index in [0.717, 1.165) is 17.0 Å². The third-order valence-electron chi connectivity index (χ3n) is 2.00. The van der Waals surface area contributed by atoms with Crippen molar-refractivity contribution < 1.29 is 14.5 Å². The van der Waals surface area contributed by atoms with Crippen molar-refractivity contribution >= 4 is 35.3 Å². The number of thiocarbonyl (C=S) groups is 1. The number of hydrazone groups is 1. The topological polar surface area (TPSA) is 138 Å². The average Bonchev–Trinajstić information content (AvgIpc) is 2.72. The maximum Gasteiger partial charge on any atom is 0.348 e. The van der Waals surface area contributed by atoms with Crippen molar-refractivity contribution in [1.29, 1.82) is 0 Å². The molecule has 0 amide bonds. The summed E-state index contributed by atoms with van der Waals surface area (Å²) >= 11 is 4.54. The maximum absolute atomic E-state index is 11.4. The number of carbonyl (C=O) groups is 1. The third kappa shape index (κ3) is 4.28. The highest BCUT2D eigenvalue weighted by molar-refractivity contribution is 7.80. The molecule has 0 bridgehead atoms. The summed E-state index contributed by atoms with van der Waals surface area (Å²) in [6, 6.07) is 0. The molecule has 0 radical (unpaired) electrons. The molecule has 20 heavy (non-hydrogen) atoms. The second-order valence-corrected chi connectivity index (χ2v) is 3.80. The van der Waals surface area contributed by atoms with Gasteiger partial charge in [-0.3, -0.25) is 5.43 Å². The number of imidazole rings is 1. The van der Waals surface area contributed by atoms with Gasteiger partial charge in [0.2, 0.25) is 5.82 Å². The van der Waals surface area contributed by atoms with E-state index < -0.39 is 10.9 Å². The van der Waals surface area contributed by atoms with Crippen LogP contribution >= 0.6 is 12.2 Å². The predicted octanol–water partition coefficient (Wildman–Crippen LogP) is -0.478. The van der Waals surface area contributed by atoms with Crippen molar-refractivity contribution in [2.24, 2.45) is 10.8 Å². The molecule has 1 aromatic heterocycles. The molecule has 1 aromatic rings. The van der Waals surface area contributed by atoms with Crippen LogP contribution in [0.3, 0.4) is 0 Å². The van der Waals surface area contributed by atoms with Crippen LogP contribution in [-0.4, -0.2) is 38.4 Å². The van der Waals surface area contributed by atoms with Gasteiger partial charge in [0.15, 0.2) is 11.7 Å². The predicted molar refractivity (Wildman–Crippen MR) is 73.0 cm³/mol. The quantitative estimate of drug-likeness (QED) is 0.236. The Morgan fingerprint density at radius 2 is 2.50 bits per heavy atom. The number of carbonyl (C=O) groups excluding carboxylic acids is 1. The Labute approximate surface area is 118 Å². The SMILES string of the molecule is CCOC(=O)Cn1c([N+](=O)[O-])cnc1/C=N/NC(N)=S. The summed E-state index contributed by atoms with van der Waals surface area (Å²) in [6.07, 6.45) is 2.17. The van der Waals surface area contributed by atoms with Gasteiger partial charge < -0.3 is 20.6 Å². The van der Waals surface area contributed by atoms with E-state index in [0.29, 0.717) is 0 Å². The zero-order valence-electron chi connectivity index (χ0n) is 10.5. The van der Waals surface area contributed by atoms with Crippen molar-refractivity contribution in [2.45, 2.75) is 13.5 Å². The van der Waals surface area contributed by atoms with Gasteiger partial charge in [0, 0.05) is 0 Å². The molecule has 108 valence electrons. The summed E-state index contributed by atoms with van der Waals surface area (Å²) in [7, 11) is 0. The van der Waals surface area contributed by atoms with Crippen LogP contribution in [-0.2, 0) is 16.1 Å². The molecule has 0 saturated heterocycles. The Morgan fingerprint density at radius 1 is 1.80 bits per heavy atom. The summed E-state index contributed by atoms with van der Waals surface area (Å²) in [6.45, 7) is 1.46. The summed E-state index contributed by atoms with van der Waals surface area (Å²) in [5, 5.41) is 14.4. The van der Waals surface area contributed by atoms with Crippen LogP contribution in [0.4, 0.5) is 5.82 Å². The van der Waals surface area contributed by atoms with E-state index >= 15 is 0 Å². The number of esters is 1. The van der Waals surface area contributed by atoms with Crippen LogP contribution < -0.4 is 11.2 Å². The minimum Gasteiger partial charge on any atom is -0.463 e. The van der Waals surface area contributed by atoms with Crippen molar-refractivity contribution in [1.82, 2.24) is 15.0 Å². The highest BCUT2D eigenvalue weighted by Crippen LogP contribution is 2.13. The van der Waals surface area contributed by atoms with E-state index in [1.54, 1.807) is 6.92 Å². The molecule has 0 unspecified atom stereocenters. The minimum atomic E-state index is -0.662. The van der Waals surface area contributed by atoms with Crippen LogP contribution in [0.1, 0.15) is 12.7 Å². The fourth-order valence-corrected chi connectivity index (χ4v) is 1.33. The zero-order chi connectivity index (χ0) is 15.1. The van der Waals surface area contributed by atoms with E-state index in [1.807, 2.05) is 0 Å². The normalized spacial score (nSPS) is 10.4. The second-order valence-electron chi connectivity index (χ2n) is 3.36. The zero-order valence-corrected chi connectivity index (χ0v) is 11.3. The van der Waals surface area contributed by atoms with Gasteiger partial charge >= 0.3 is 11.8 Å². The highest BCUT2D eigenvalue weighted by Gasteiger charge is 2.22. The molecule has 0 aliphatic heterocycles. The van der Waals surface area contributed by atoms with Gasteiger partial charge in [0.25, 0.3) is 0 Å². The number of ether oxygens (including phenoxy) is 1. The Bertz CT molecular complexity index is 555. The van der Waals surface area contributed by atoms with E-state index in [1.165, 1.54) is 0 Å². The van der Waals surface area contributed by atoms with E-state index in [2.05, 4.69) is 27.7 Å². The molecule has 0 aromatic carbocycles. The molecule has 0 atom stereocenters. The summed E-state index contributed by atoms with van der Waals surface area (Å²) in [5.41, 5.74) is 7.44. The number of hydrogen-bond acceptors (Lipinski definition) is 7. The highest BCUT2D eigenvalue weighted by atomic mass is 32.1. The lowest BCUT2D eigenvalue weighted by atomic mass is 10.5. The molecule has 1 heterocycles. The van der Waals surface area contributed by atoms with Gasteiger partial charge in [-0.1, -0.05) is 0 Å². The molecule has 0 aliphatic rings. The smallest absolute Gasteiger partial charge is 0.348 e. The summed E-state index contributed by atoms with van der Waals surface area (Å²) in [5.74, 6) is -0.881. The van der Waals surface area contributed by atoms with Crippen LogP contribution in [0.5, 0.6) is 0 Å². The van der Waals surface area contributed by atoms with Gasteiger partial charge in [-0.25, -0.2) is 9.78 Å². The molecule has 1 rings (SSSR count). The number of nitrogens with two attached hydrogens (primary N) is 1. The van der Waals surface area contributed by atoms with E-state index in [4.69, 9.17) is 10.5 Å². The van der Waals surface area contributed by atoms with Crippen molar-refractivity contribution in [3.8, 4) is 0 Å². The number of nitrogens with one attached hydrogen (secondary N) is 1. The van der Waals surface area contributed by atoms with Crippen LogP contribution in [0.25, 0.3) is 0 Å².